The van der Waals surface area contributed by atoms with Crippen molar-refractivity contribution in [2.75, 3.05) is 32.8 Å². The topological polar surface area (TPSA) is 35.5 Å². The summed E-state index contributed by atoms with van der Waals surface area (Å²) in [7, 11) is 0. The van der Waals surface area contributed by atoms with Gasteiger partial charge in [-0.1, -0.05) is 20.8 Å². The van der Waals surface area contributed by atoms with Gasteiger partial charge in [0.2, 0.25) is 0 Å². The number of aliphatic hydroxyl groups is 1. The zero-order valence-corrected chi connectivity index (χ0v) is 10.9. The van der Waals surface area contributed by atoms with Crippen molar-refractivity contribution in [1.82, 2.24) is 10.2 Å². The van der Waals surface area contributed by atoms with E-state index < -0.39 is 0 Å². The first kappa shape index (κ1) is 12.3. The van der Waals surface area contributed by atoms with Crippen LogP contribution in [-0.2, 0) is 0 Å². The van der Waals surface area contributed by atoms with E-state index in [1.165, 1.54) is 6.42 Å². The molecular formula is C13H26N2O. The summed E-state index contributed by atoms with van der Waals surface area (Å²) in [5.74, 6) is 0.602. The first-order valence-electron chi connectivity index (χ1n) is 6.57. The standard InChI is InChI=1S/C13H26N2O/c1-11-8-12(2,3)9-13(11,10-16)15-6-4-14-5-7-15/h11,14,16H,4-10H2,1-3H3. The summed E-state index contributed by atoms with van der Waals surface area (Å²) in [6, 6.07) is 0. The number of aliphatic hydroxyl groups excluding tert-OH is 1. The number of piperazine rings is 1. The van der Waals surface area contributed by atoms with Gasteiger partial charge in [0.25, 0.3) is 0 Å². The molecule has 0 aromatic heterocycles. The monoisotopic (exact) mass is 226 g/mol. The Balaban J connectivity index is 2.18. The van der Waals surface area contributed by atoms with Gasteiger partial charge in [0, 0.05) is 31.7 Å². The lowest BCUT2D eigenvalue weighted by Crippen LogP contribution is -2.59. The lowest BCUT2D eigenvalue weighted by molar-refractivity contribution is -0.00652. The maximum Gasteiger partial charge on any atom is 0.0618 e. The van der Waals surface area contributed by atoms with Crippen molar-refractivity contribution in [3.63, 3.8) is 0 Å². The fourth-order valence-electron chi connectivity index (χ4n) is 3.94. The fraction of sp³-hybridized carbons (Fsp3) is 1.00. The lowest BCUT2D eigenvalue weighted by atomic mass is 9.85. The first-order chi connectivity index (χ1) is 7.50. The molecule has 2 unspecified atom stereocenters. The van der Waals surface area contributed by atoms with E-state index in [1.54, 1.807) is 0 Å². The molecule has 2 atom stereocenters. The summed E-state index contributed by atoms with van der Waals surface area (Å²) in [4.78, 5) is 2.53. The van der Waals surface area contributed by atoms with Crippen molar-refractivity contribution in [1.29, 1.82) is 0 Å². The van der Waals surface area contributed by atoms with Gasteiger partial charge in [-0.25, -0.2) is 0 Å². The van der Waals surface area contributed by atoms with Crippen molar-refractivity contribution in [3.8, 4) is 0 Å². The SMILES string of the molecule is CC1CC(C)(C)CC1(CO)N1CCNCC1. The van der Waals surface area contributed by atoms with Gasteiger partial charge in [0.05, 0.1) is 6.61 Å². The van der Waals surface area contributed by atoms with Crippen molar-refractivity contribution >= 4 is 0 Å². The molecule has 0 spiro atoms. The number of nitrogens with one attached hydrogen (secondary N) is 1. The molecule has 16 heavy (non-hydrogen) atoms. The third-order valence-electron chi connectivity index (χ3n) is 4.58. The fourth-order valence-corrected chi connectivity index (χ4v) is 3.94. The molecular weight excluding hydrogens is 200 g/mol. The third-order valence-corrected chi connectivity index (χ3v) is 4.58. The zero-order chi connectivity index (χ0) is 11.8. The Morgan fingerprint density at radius 2 is 1.94 bits per heavy atom. The van der Waals surface area contributed by atoms with Gasteiger partial charge in [0.1, 0.15) is 0 Å². The Labute approximate surface area is 99.2 Å². The van der Waals surface area contributed by atoms with Gasteiger partial charge in [-0.15, -0.1) is 0 Å². The predicted molar refractivity (Wildman–Crippen MR) is 66.4 cm³/mol. The van der Waals surface area contributed by atoms with E-state index in [4.69, 9.17) is 0 Å². The molecule has 0 aromatic carbocycles. The average Bonchev–Trinajstić information content (AvgIpc) is 2.50. The van der Waals surface area contributed by atoms with Gasteiger partial charge in [-0.05, 0) is 24.2 Å². The van der Waals surface area contributed by atoms with Crippen LogP contribution in [0.25, 0.3) is 0 Å². The van der Waals surface area contributed by atoms with Crippen LogP contribution in [0.2, 0.25) is 0 Å². The first-order valence-corrected chi connectivity index (χ1v) is 6.57. The Kier molecular flexibility index (Phi) is 3.30. The molecule has 2 aliphatic rings. The number of hydrogen-bond donors (Lipinski definition) is 2. The summed E-state index contributed by atoms with van der Waals surface area (Å²) in [6.45, 7) is 11.6. The molecule has 3 nitrogen and oxygen atoms in total. The van der Waals surface area contributed by atoms with Crippen molar-refractivity contribution in [2.45, 2.75) is 39.2 Å². The van der Waals surface area contributed by atoms with Gasteiger partial charge in [-0.2, -0.15) is 0 Å². The van der Waals surface area contributed by atoms with Crippen LogP contribution in [-0.4, -0.2) is 48.3 Å². The highest BCUT2D eigenvalue weighted by atomic mass is 16.3. The third kappa shape index (κ3) is 2.01. The zero-order valence-electron chi connectivity index (χ0n) is 10.9. The molecule has 94 valence electrons. The van der Waals surface area contributed by atoms with Crippen LogP contribution in [0.1, 0.15) is 33.6 Å². The van der Waals surface area contributed by atoms with E-state index >= 15 is 0 Å². The van der Waals surface area contributed by atoms with E-state index in [1.807, 2.05) is 0 Å². The van der Waals surface area contributed by atoms with E-state index in [2.05, 4.69) is 31.0 Å². The summed E-state index contributed by atoms with van der Waals surface area (Å²) in [5, 5.41) is 13.3. The summed E-state index contributed by atoms with van der Waals surface area (Å²) in [5.41, 5.74) is 0.429. The highest BCUT2D eigenvalue weighted by molar-refractivity contribution is 5.05. The Hall–Kier alpha value is -0.120. The second kappa shape index (κ2) is 4.28. The molecule has 1 saturated heterocycles. The maximum absolute atomic E-state index is 9.91. The molecule has 1 heterocycles. The number of hydrogen-bond acceptors (Lipinski definition) is 3. The minimum Gasteiger partial charge on any atom is -0.394 e. The molecule has 2 rings (SSSR count). The number of rotatable bonds is 2. The average molecular weight is 226 g/mol. The van der Waals surface area contributed by atoms with Crippen LogP contribution in [0.15, 0.2) is 0 Å². The largest absolute Gasteiger partial charge is 0.394 e. The second-order valence-corrected chi connectivity index (χ2v) is 6.44. The normalized spacial score (nSPS) is 40.1. The smallest absolute Gasteiger partial charge is 0.0618 e. The molecule has 2 fully saturated rings. The minimum absolute atomic E-state index is 0.0472. The summed E-state index contributed by atoms with van der Waals surface area (Å²) in [6.07, 6.45) is 2.37. The van der Waals surface area contributed by atoms with Crippen LogP contribution >= 0.6 is 0 Å². The molecule has 1 aliphatic carbocycles. The van der Waals surface area contributed by atoms with E-state index in [0.29, 0.717) is 17.9 Å². The van der Waals surface area contributed by atoms with Gasteiger partial charge < -0.3 is 10.4 Å². The van der Waals surface area contributed by atoms with Crippen LogP contribution in [0, 0.1) is 11.3 Å². The van der Waals surface area contributed by atoms with Crippen LogP contribution in [0.5, 0.6) is 0 Å². The van der Waals surface area contributed by atoms with Crippen LogP contribution in [0.3, 0.4) is 0 Å². The van der Waals surface area contributed by atoms with E-state index in [0.717, 1.165) is 32.6 Å². The number of nitrogens with zero attached hydrogens (tertiary/aromatic N) is 1. The Bertz CT molecular complexity index is 248. The summed E-state index contributed by atoms with van der Waals surface area (Å²) >= 11 is 0. The molecule has 0 bridgehead atoms. The van der Waals surface area contributed by atoms with E-state index in [9.17, 15) is 5.11 Å². The molecule has 2 N–H and O–H groups in total. The van der Waals surface area contributed by atoms with Gasteiger partial charge >= 0.3 is 0 Å². The molecule has 3 heteroatoms. The van der Waals surface area contributed by atoms with E-state index in [-0.39, 0.29) is 5.54 Å². The minimum atomic E-state index is 0.0472. The predicted octanol–water partition coefficient (Wildman–Crippen LogP) is 1.08. The molecule has 0 aromatic rings. The second-order valence-electron chi connectivity index (χ2n) is 6.44. The molecule has 1 aliphatic heterocycles. The Morgan fingerprint density at radius 1 is 1.31 bits per heavy atom. The van der Waals surface area contributed by atoms with Crippen LogP contribution in [0.4, 0.5) is 0 Å². The van der Waals surface area contributed by atoms with Crippen molar-refractivity contribution in [3.05, 3.63) is 0 Å². The molecule has 0 radical (unpaired) electrons. The van der Waals surface area contributed by atoms with Crippen LogP contribution < -0.4 is 5.32 Å². The van der Waals surface area contributed by atoms with Crippen molar-refractivity contribution < 1.29 is 5.11 Å². The maximum atomic E-state index is 9.91. The quantitative estimate of drug-likeness (QED) is 0.739. The van der Waals surface area contributed by atoms with Gasteiger partial charge in [-0.3, -0.25) is 4.90 Å². The lowest BCUT2D eigenvalue weighted by Gasteiger charge is -2.46. The highest BCUT2D eigenvalue weighted by Crippen LogP contribution is 2.50. The summed E-state index contributed by atoms with van der Waals surface area (Å²) < 4.78 is 0. The molecule has 0 amide bonds. The Morgan fingerprint density at radius 3 is 2.38 bits per heavy atom. The molecule has 1 saturated carbocycles. The van der Waals surface area contributed by atoms with Crippen molar-refractivity contribution in [2.24, 2.45) is 11.3 Å². The van der Waals surface area contributed by atoms with Gasteiger partial charge in [0.15, 0.2) is 0 Å². The highest BCUT2D eigenvalue weighted by Gasteiger charge is 2.51.